The van der Waals surface area contributed by atoms with E-state index < -0.39 is 15.7 Å². The molecule has 3 rings (SSSR count). The van der Waals surface area contributed by atoms with Crippen LogP contribution in [0.3, 0.4) is 0 Å². The number of aromatic nitrogens is 1. The third kappa shape index (κ3) is 3.01. The molecule has 0 aliphatic heterocycles. The van der Waals surface area contributed by atoms with Gasteiger partial charge in [0.25, 0.3) is 5.69 Å². The van der Waals surface area contributed by atoms with E-state index in [2.05, 4.69) is 4.98 Å². The molecular formula is C16H12N2O3S. The SMILES string of the molecule is O=[N+]([O-])c1ccc(CS(=O)c2ccc3ccccc3n2)cc1. The lowest BCUT2D eigenvalue weighted by molar-refractivity contribution is -0.384. The third-order valence-corrected chi connectivity index (χ3v) is 4.54. The summed E-state index contributed by atoms with van der Waals surface area (Å²) in [5, 5.41) is 12.1. The van der Waals surface area contributed by atoms with Gasteiger partial charge in [-0.05, 0) is 17.7 Å². The maximum absolute atomic E-state index is 12.4. The largest absolute Gasteiger partial charge is 0.269 e. The maximum atomic E-state index is 12.4. The monoisotopic (exact) mass is 312 g/mol. The van der Waals surface area contributed by atoms with Crippen molar-refractivity contribution in [3.8, 4) is 0 Å². The first-order valence-electron chi connectivity index (χ1n) is 6.61. The van der Waals surface area contributed by atoms with E-state index in [1.807, 2.05) is 30.3 Å². The Morgan fingerprint density at radius 1 is 1.00 bits per heavy atom. The fourth-order valence-corrected chi connectivity index (χ4v) is 3.18. The Labute approximate surface area is 129 Å². The first-order chi connectivity index (χ1) is 10.6. The van der Waals surface area contributed by atoms with E-state index in [4.69, 9.17) is 0 Å². The molecule has 0 N–H and O–H groups in total. The van der Waals surface area contributed by atoms with Gasteiger partial charge in [-0.25, -0.2) is 4.98 Å². The number of nitro groups is 1. The van der Waals surface area contributed by atoms with Crippen LogP contribution < -0.4 is 0 Å². The van der Waals surface area contributed by atoms with Gasteiger partial charge >= 0.3 is 0 Å². The van der Waals surface area contributed by atoms with Crippen molar-refractivity contribution in [3.05, 3.63) is 76.3 Å². The molecule has 0 fully saturated rings. The van der Waals surface area contributed by atoms with E-state index in [0.29, 0.717) is 5.03 Å². The van der Waals surface area contributed by atoms with Gasteiger partial charge in [0.15, 0.2) is 0 Å². The second kappa shape index (κ2) is 6.03. The lowest BCUT2D eigenvalue weighted by Gasteiger charge is -2.04. The fourth-order valence-electron chi connectivity index (χ4n) is 2.11. The van der Waals surface area contributed by atoms with Crippen LogP contribution in [-0.2, 0) is 16.6 Å². The normalized spacial score (nSPS) is 12.2. The van der Waals surface area contributed by atoms with E-state index in [0.717, 1.165) is 16.5 Å². The summed E-state index contributed by atoms with van der Waals surface area (Å²) in [6, 6.07) is 17.4. The van der Waals surface area contributed by atoms with Crippen molar-refractivity contribution in [1.82, 2.24) is 4.98 Å². The van der Waals surface area contributed by atoms with Crippen LogP contribution in [0.5, 0.6) is 0 Å². The summed E-state index contributed by atoms with van der Waals surface area (Å²) in [4.78, 5) is 14.6. The van der Waals surface area contributed by atoms with E-state index in [9.17, 15) is 14.3 Å². The van der Waals surface area contributed by atoms with E-state index in [1.54, 1.807) is 18.2 Å². The standard InChI is InChI=1S/C16H12N2O3S/c19-18(20)14-8-5-12(6-9-14)11-22(21)16-10-7-13-3-1-2-4-15(13)17-16/h1-10H,11H2. The fraction of sp³-hybridized carbons (Fsp3) is 0.0625. The van der Waals surface area contributed by atoms with Crippen molar-refractivity contribution in [1.29, 1.82) is 0 Å². The molecule has 0 radical (unpaired) electrons. The van der Waals surface area contributed by atoms with Crippen LogP contribution in [0.2, 0.25) is 0 Å². The summed E-state index contributed by atoms with van der Waals surface area (Å²) in [5.41, 5.74) is 1.61. The predicted octanol–water partition coefficient (Wildman–Crippen LogP) is 3.45. The number of hydrogen-bond acceptors (Lipinski definition) is 4. The van der Waals surface area contributed by atoms with Gasteiger partial charge in [-0.3, -0.25) is 14.3 Å². The summed E-state index contributed by atoms with van der Waals surface area (Å²) in [5.74, 6) is 0.281. The Hall–Kier alpha value is -2.60. The topological polar surface area (TPSA) is 73.1 Å². The Bertz CT molecular complexity index is 863. The Morgan fingerprint density at radius 3 is 2.45 bits per heavy atom. The Kier molecular flexibility index (Phi) is 3.93. The van der Waals surface area contributed by atoms with Crippen LogP contribution in [0.1, 0.15) is 5.56 Å². The minimum absolute atomic E-state index is 0.0263. The molecule has 22 heavy (non-hydrogen) atoms. The van der Waals surface area contributed by atoms with Gasteiger partial charge in [0.1, 0.15) is 5.03 Å². The number of para-hydroxylation sites is 1. The molecule has 6 heteroatoms. The zero-order valence-corrected chi connectivity index (χ0v) is 12.3. The summed E-state index contributed by atoms with van der Waals surface area (Å²) < 4.78 is 12.4. The molecule has 1 atom stereocenters. The number of hydrogen-bond donors (Lipinski definition) is 0. The van der Waals surface area contributed by atoms with Crippen LogP contribution in [-0.4, -0.2) is 14.1 Å². The van der Waals surface area contributed by atoms with Gasteiger partial charge in [0.05, 0.1) is 27.0 Å². The molecule has 1 unspecified atom stereocenters. The molecule has 1 aromatic heterocycles. The van der Waals surface area contributed by atoms with Crippen molar-refractivity contribution in [2.75, 3.05) is 0 Å². The summed E-state index contributed by atoms with van der Waals surface area (Å²) in [6.45, 7) is 0. The Morgan fingerprint density at radius 2 is 1.73 bits per heavy atom. The number of nitro benzene ring substituents is 1. The summed E-state index contributed by atoms with van der Waals surface area (Å²) in [6.07, 6.45) is 0. The van der Waals surface area contributed by atoms with Crippen LogP contribution in [0.4, 0.5) is 5.69 Å². The molecule has 5 nitrogen and oxygen atoms in total. The molecule has 0 spiro atoms. The van der Waals surface area contributed by atoms with Crippen molar-refractivity contribution in [3.63, 3.8) is 0 Å². The number of pyridine rings is 1. The summed E-state index contributed by atoms with van der Waals surface area (Å²) >= 11 is 0. The van der Waals surface area contributed by atoms with Crippen LogP contribution >= 0.6 is 0 Å². The zero-order chi connectivity index (χ0) is 15.5. The molecule has 0 amide bonds. The molecule has 0 bridgehead atoms. The molecule has 0 saturated carbocycles. The zero-order valence-electron chi connectivity index (χ0n) is 11.5. The van der Waals surface area contributed by atoms with Crippen molar-refractivity contribution in [2.45, 2.75) is 10.8 Å². The molecule has 1 heterocycles. The van der Waals surface area contributed by atoms with E-state index in [1.165, 1.54) is 12.1 Å². The smallest absolute Gasteiger partial charge is 0.258 e. The van der Waals surface area contributed by atoms with Gasteiger partial charge in [0, 0.05) is 17.5 Å². The molecule has 0 saturated heterocycles. The first kappa shape index (κ1) is 14.3. The van der Waals surface area contributed by atoms with Crippen molar-refractivity contribution >= 4 is 27.4 Å². The quantitative estimate of drug-likeness (QED) is 0.546. The number of nitrogens with zero attached hydrogens (tertiary/aromatic N) is 2. The van der Waals surface area contributed by atoms with Crippen molar-refractivity contribution in [2.24, 2.45) is 0 Å². The number of fused-ring (bicyclic) bond motifs is 1. The van der Waals surface area contributed by atoms with Crippen LogP contribution in [0.15, 0.2) is 65.7 Å². The highest BCUT2D eigenvalue weighted by molar-refractivity contribution is 7.84. The molecule has 2 aromatic carbocycles. The highest BCUT2D eigenvalue weighted by Crippen LogP contribution is 2.18. The molecule has 110 valence electrons. The third-order valence-electron chi connectivity index (χ3n) is 3.25. The highest BCUT2D eigenvalue weighted by Gasteiger charge is 2.09. The molecular weight excluding hydrogens is 300 g/mol. The van der Waals surface area contributed by atoms with Crippen molar-refractivity contribution < 1.29 is 9.13 Å². The van der Waals surface area contributed by atoms with Gasteiger partial charge in [-0.1, -0.05) is 36.4 Å². The second-order valence-electron chi connectivity index (χ2n) is 4.76. The van der Waals surface area contributed by atoms with E-state index in [-0.39, 0.29) is 11.4 Å². The number of rotatable bonds is 4. The van der Waals surface area contributed by atoms with Gasteiger partial charge in [0.2, 0.25) is 0 Å². The average Bonchev–Trinajstić information content (AvgIpc) is 2.55. The number of benzene rings is 2. The average molecular weight is 312 g/mol. The van der Waals surface area contributed by atoms with Gasteiger partial charge in [-0.2, -0.15) is 0 Å². The predicted molar refractivity (Wildman–Crippen MR) is 85.0 cm³/mol. The lowest BCUT2D eigenvalue weighted by Crippen LogP contribution is -1.99. The first-order valence-corrected chi connectivity index (χ1v) is 7.93. The molecule has 0 aliphatic rings. The molecule has 0 aliphatic carbocycles. The van der Waals surface area contributed by atoms with E-state index >= 15 is 0 Å². The minimum atomic E-state index is -1.29. The summed E-state index contributed by atoms with van der Waals surface area (Å²) in [7, 11) is -1.29. The lowest BCUT2D eigenvalue weighted by atomic mass is 10.2. The van der Waals surface area contributed by atoms with Crippen LogP contribution in [0, 0.1) is 10.1 Å². The Balaban J connectivity index is 1.81. The molecule has 3 aromatic rings. The van der Waals surface area contributed by atoms with Gasteiger partial charge in [-0.15, -0.1) is 0 Å². The minimum Gasteiger partial charge on any atom is -0.258 e. The van der Waals surface area contributed by atoms with Crippen LogP contribution in [0.25, 0.3) is 10.9 Å². The number of non-ortho nitro benzene ring substituents is 1. The maximum Gasteiger partial charge on any atom is 0.269 e. The second-order valence-corrected chi connectivity index (χ2v) is 6.15. The highest BCUT2D eigenvalue weighted by atomic mass is 32.2. The van der Waals surface area contributed by atoms with Gasteiger partial charge < -0.3 is 0 Å².